The first-order valence-corrected chi connectivity index (χ1v) is 7.66. The number of nitriles is 1. The number of rotatable bonds is 3. The molecule has 0 aliphatic rings. The largest absolute Gasteiger partial charge is 0.350 e. The van der Waals surface area contributed by atoms with Crippen LogP contribution in [0.2, 0.25) is 0 Å². The second-order valence-electron chi connectivity index (χ2n) is 5.48. The fourth-order valence-corrected chi connectivity index (χ4v) is 2.59. The van der Waals surface area contributed by atoms with E-state index in [0.29, 0.717) is 17.0 Å². The normalized spacial score (nSPS) is 10.6. The zero-order valence-corrected chi connectivity index (χ0v) is 13.3. The molecule has 2 aromatic heterocycles. The molecule has 0 saturated carbocycles. The van der Waals surface area contributed by atoms with Crippen molar-refractivity contribution in [2.24, 2.45) is 0 Å². The molecule has 126 valence electrons. The maximum absolute atomic E-state index is 13.5. The highest BCUT2D eigenvalue weighted by molar-refractivity contribution is 5.68. The van der Waals surface area contributed by atoms with Crippen LogP contribution in [0.5, 0.6) is 0 Å². The third-order valence-electron chi connectivity index (χ3n) is 3.81. The van der Waals surface area contributed by atoms with E-state index in [0.717, 1.165) is 5.56 Å². The van der Waals surface area contributed by atoms with E-state index in [1.165, 1.54) is 22.6 Å². The number of hydrogen-bond donors (Lipinski definition) is 2. The molecule has 4 aromatic rings. The molecule has 0 spiro atoms. The highest BCUT2D eigenvalue weighted by Crippen LogP contribution is 2.23. The van der Waals surface area contributed by atoms with Crippen LogP contribution in [0.1, 0.15) is 5.56 Å². The summed E-state index contributed by atoms with van der Waals surface area (Å²) < 4.78 is 14.8. The standard InChI is InChI=1S/C18H11FN6O/c19-14-7-6-13(8-12(14)10-20)21-17-22-15(11-4-2-1-3-5-11)9-16-23-24-18(26)25(16)17/h1-9H,(H,21,22)(H,24,26). The average Bonchev–Trinajstić information content (AvgIpc) is 3.05. The van der Waals surface area contributed by atoms with Crippen molar-refractivity contribution in [2.45, 2.75) is 0 Å². The molecule has 0 unspecified atom stereocenters. The van der Waals surface area contributed by atoms with Crippen LogP contribution in [0.15, 0.2) is 59.4 Å². The lowest BCUT2D eigenvalue weighted by molar-refractivity contribution is 0.624. The summed E-state index contributed by atoms with van der Waals surface area (Å²) >= 11 is 0. The number of benzene rings is 2. The van der Waals surface area contributed by atoms with Crippen molar-refractivity contribution in [3.8, 4) is 17.3 Å². The summed E-state index contributed by atoms with van der Waals surface area (Å²) in [4.78, 5) is 16.6. The quantitative estimate of drug-likeness (QED) is 0.594. The summed E-state index contributed by atoms with van der Waals surface area (Å²) in [5, 5.41) is 18.3. The smallest absolute Gasteiger partial charge is 0.325 e. The van der Waals surface area contributed by atoms with Gasteiger partial charge in [0.25, 0.3) is 0 Å². The van der Waals surface area contributed by atoms with Crippen LogP contribution >= 0.6 is 0 Å². The van der Waals surface area contributed by atoms with E-state index < -0.39 is 11.5 Å². The van der Waals surface area contributed by atoms with E-state index in [1.807, 2.05) is 30.3 Å². The second kappa shape index (κ2) is 6.14. The minimum absolute atomic E-state index is 0.106. The van der Waals surface area contributed by atoms with Crippen LogP contribution in [0, 0.1) is 17.1 Å². The van der Waals surface area contributed by atoms with Gasteiger partial charge in [0.1, 0.15) is 11.9 Å². The Morgan fingerprint density at radius 2 is 1.96 bits per heavy atom. The van der Waals surface area contributed by atoms with Crippen LogP contribution in [0.3, 0.4) is 0 Å². The third-order valence-corrected chi connectivity index (χ3v) is 3.81. The molecule has 0 amide bonds. The highest BCUT2D eigenvalue weighted by Gasteiger charge is 2.12. The second-order valence-corrected chi connectivity index (χ2v) is 5.48. The Kier molecular flexibility index (Phi) is 3.67. The number of aromatic amines is 1. The van der Waals surface area contributed by atoms with Gasteiger partial charge in [-0.15, -0.1) is 0 Å². The maximum Gasteiger partial charge on any atom is 0.350 e. The van der Waals surface area contributed by atoms with Crippen molar-refractivity contribution in [3.63, 3.8) is 0 Å². The topological polar surface area (TPSA) is 98.9 Å². The summed E-state index contributed by atoms with van der Waals surface area (Å²) in [6, 6.07) is 16.9. The van der Waals surface area contributed by atoms with Gasteiger partial charge in [-0.2, -0.15) is 10.4 Å². The number of fused-ring (bicyclic) bond motifs is 1. The third kappa shape index (κ3) is 2.67. The Balaban J connectivity index is 1.87. The van der Waals surface area contributed by atoms with Gasteiger partial charge in [-0.25, -0.2) is 23.7 Å². The van der Waals surface area contributed by atoms with Gasteiger partial charge in [0.05, 0.1) is 11.3 Å². The predicted molar refractivity (Wildman–Crippen MR) is 93.4 cm³/mol. The Labute approximate surface area is 146 Å². The minimum Gasteiger partial charge on any atom is -0.325 e. The Morgan fingerprint density at radius 3 is 2.73 bits per heavy atom. The highest BCUT2D eigenvalue weighted by atomic mass is 19.1. The maximum atomic E-state index is 13.5. The molecular weight excluding hydrogens is 335 g/mol. The van der Waals surface area contributed by atoms with Crippen LogP contribution in [-0.2, 0) is 0 Å². The van der Waals surface area contributed by atoms with Crippen LogP contribution in [0.4, 0.5) is 16.0 Å². The number of anilines is 2. The number of hydrogen-bond acceptors (Lipinski definition) is 5. The van der Waals surface area contributed by atoms with Crippen LogP contribution in [-0.4, -0.2) is 19.6 Å². The van der Waals surface area contributed by atoms with Gasteiger partial charge < -0.3 is 5.32 Å². The van der Waals surface area contributed by atoms with Crippen LogP contribution < -0.4 is 11.0 Å². The number of halogens is 1. The first-order valence-electron chi connectivity index (χ1n) is 7.66. The first-order chi connectivity index (χ1) is 12.7. The Bertz CT molecular complexity index is 1210. The summed E-state index contributed by atoms with van der Waals surface area (Å²) in [6.07, 6.45) is 0. The van der Waals surface area contributed by atoms with Gasteiger partial charge in [0.15, 0.2) is 5.65 Å². The first kappa shape index (κ1) is 15.5. The summed E-state index contributed by atoms with van der Waals surface area (Å²) in [6.45, 7) is 0. The molecule has 2 heterocycles. The molecule has 0 bridgehead atoms. The van der Waals surface area contributed by atoms with E-state index >= 15 is 0 Å². The number of nitrogens with one attached hydrogen (secondary N) is 2. The molecule has 0 atom stereocenters. The molecule has 8 heteroatoms. The number of nitrogens with zero attached hydrogens (tertiary/aromatic N) is 4. The molecule has 26 heavy (non-hydrogen) atoms. The molecular formula is C18H11FN6O. The molecule has 0 aliphatic carbocycles. The fraction of sp³-hybridized carbons (Fsp3) is 0. The SMILES string of the molecule is N#Cc1cc(Nc2nc(-c3ccccc3)cc3n[nH]c(=O)n23)ccc1F. The van der Waals surface area contributed by atoms with E-state index in [1.54, 1.807) is 12.1 Å². The van der Waals surface area contributed by atoms with E-state index in [-0.39, 0.29) is 11.5 Å². The summed E-state index contributed by atoms with van der Waals surface area (Å²) in [5.41, 5.74) is 1.71. The van der Waals surface area contributed by atoms with Gasteiger partial charge in [-0.05, 0) is 18.2 Å². The lowest BCUT2D eigenvalue weighted by Crippen LogP contribution is -2.14. The fourth-order valence-electron chi connectivity index (χ4n) is 2.59. The average molecular weight is 346 g/mol. The number of aromatic nitrogens is 4. The Morgan fingerprint density at radius 1 is 1.15 bits per heavy atom. The molecule has 4 rings (SSSR count). The molecule has 0 saturated heterocycles. The zero-order chi connectivity index (χ0) is 18.1. The van der Waals surface area contributed by atoms with Gasteiger partial charge >= 0.3 is 5.69 Å². The molecule has 0 aliphatic heterocycles. The van der Waals surface area contributed by atoms with E-state index in [2.05, 4.69) is 20.5 Å². The van der Waals surface area contributed by atoms with Crippen molar-refractivity contribution in [2.75, 3.05) is 5.32 Å². The summed E-state index contributed by atoms with van der Waals surface area (Å²) in [5.74, 6) is -0.412. The van der Waals surface area contributed by atoms with Crippen molar-refractivity contribution in [1.82, 2.24) is 19.6 Å². The molecule has 7 nitrogen and oxygen atoms in total. The van der Waals surface area contributed by atoms with Crippen LogP contribution in [0.25, 0.3) is 16.9 Å². The lowest BCUT2D eigenvalue weighted by atomic mass is 10.1. The molecule has 0 fully saturated rings. The van der Waals surface area contributed by atoms with Crippen molar-refractivity contribution in [1.29, 1.82) is 5.26 Å². The van der Waals surface area contributed by atoms with E-state index in [9.17, 15) is 9.18 Å². The Hall–Kier alpha value is -3.99. The molecule has 2 N–H and O–H groups in total. The monoisotopic (exact) mass is 346 g/mol. The predicted octanol–water partition coefficient (Wildman–Crippen LogP) is 2.84. The van der Waals surface area contributed by atoms with Crippen molar-refractivity contribution in [3.05, 3.63) is 76.5 Å². The van der Waals surface area contributed by atoms with Gasteiger partial charge in [0, 0.05) is 17.3 Å². The van der Waals surface area contributed by atoms with Gasteiger partial charge in [-0.3, -0.25) is 0 Å². The van der Waals surface area contributed by atoms with E-state index in [4.69, 9.17) is 5.26 Å². The van der Waals surface area contributed by atoms with Gasteiger partial charge in [0.2, 0.25) is 5.95 Å². The molecule has 2 aromatic carbocycles. The van der Waals surface area contributed by atoms with Crippen molar-refractivity contribution < 1.29 is 4.39 Å². The number of H-pyrrole nitrogens is 1. The van der Waals surface area contributed by atoms with Gasteiger partial charge in [-0.1, -0.05) is 30.3 Å². The lowest BCUT2D eigenvalue weighted by Gasteiger charge is -2.10. The zero-order valence-electron chi connectivity index (χ0n) is 13.3. The summed E-state index contributed by atoms with van der Waals surface area (Å²) in [7, 11) is 0. The minimum atomic E-state index is -0.616. The molecule has 0 radical (unpaired) electrons. The van der Waals surface area contributed by atoms with Crippen molar-refractivity contribution >= 4 is 17.3 Å².